The Kier molecular flexibility index (Phi) is 5.43. The summed E-state index contributed by atoms with van der Waals surface area (Å²) in [6.07, 6.45) is 1.74. The monoisotopic (exact) mass is 365 g/mol. The number of aryl methyl sites for hydroxylation is 1. The lowest BCUT2D eigenvalue weighted by Crippen LogP contribution is -2.38. The molecule has 2 aromatic rings. The second-order valence-electron chi connectivity index (χ2n) is 5.96. The third-order valence-electron chi connectivity index (χ3n) is 4.06. The van der Waals surface area contributed by atoms with Crippen molar-refractivity contribution in [3.8, 4) is 5.75 Å². The van der Waals surface area contributed by atoms with Crippen LogP contribution < -0.4 is 9.46 Å². The molecule has 0 bridgehead atoms. The third kappa shape index (κ3) is 4.72. The Morgan fingerprint density at radius 2 is 2.00 bits per heavy atom. The van der Waals surface area contributed by atoms with Crippen molar-refractivity contribution < 1.29 is 13.2 Å². The average molecular weight is 366 g/mol. The first-order valence-electron chi connectivity index (χ1n) is 7.97. The molecule has 1 atom stereocenters. The molecular formula is C18H20ClNO3S. The highest BCUT2D eigenvalue weighted by atomic mass is 35.5. The van der Waals surface area contributed by atoms with Crippen LogP contribution in [0.25, 0.3) is 0 Å². The molecule has 0 spiro atoms. The number of nitrogens with one attached hydrogen (secondary N) is 1. The minimum atomic E-state index is -3.36. The molecule has 0 aliphatic carbocycles. The molecular weight excluding hydrogens is 346 g/mol. The summed E-state index contributed by atoms with van der Waals surface area (Å²) in [5, 5.41) is 0.621. The van der Waals surface area contributed by atoms with Gasteiger partial charge in [-0.2, -0.15) is 0 Å². The van der Waals surface area contributed by atoms with Crippen molar-refractivity contribution in [3.05, 3.63) is 64.7 Å². The first-order chi connectivity index (χ1) is 11.5. The summed E-state index contributed by atoms with van der Waals surface area (Å²) in [5.41, 5.74) is 1.96. The number of hydrogen-bond acceptors (Lipinski definition) is 3. The van der Waals surface area contributed by atoms with Gasteiger partial charge in [0.05, 0.1) is 12.4 Å². The fourth-order valence-electron chi connectivity index (χ4n) is 2.85. The van der Waals surface area contributed by atoms with E-state index in [0.29, 0.717) is 30.9 Å². The van der Waals surface area contributed by atoms with Gasteiger partial charge in [-0.3, -0.25) is 0 Å². The van der Waals surface area contributed by atoms with Crippen LogP contribution in [0.5, 0.6) is 5.75 Å². The van der Waals surface area contributed by atoms with Crippen molar-refractivity contribution in [1.29, 1.82) is 0 Å². The molecule has 0 fully saturated rings. The number of hydrogen-bond donors (Lipinski definition) is 1. The second-order valence-corrected chi connectivity index (χ2v) is 8.27. The maximum Gasteiger partial charge on any atom is 0.212 e. The molecule has 2 aromatic carbocycles. The lowest BCUT2D eigenvalue weighted by Gasteiger charge is -2.16. The molecule has 0 amide bonds. The number of ether oxygens (including phenoxy) is 1. The van der Waals surface area contributed by atoms with E-state index in [0.717, 1.165) is 16.9 Å². The van der Waals surface area contributed by atoms with Gasteiger partial charge in [-0.15, -0.1) is 0 Å². The predicted octanol–water partition coefficient (Wildman–Crippen LogP) is 3.20. The lowest BCUT2D eigenvalue weighted by molar-refractivity contribution is 0.307. The Balaban J connectivity index is 1.62. The topological polar surface area (TPSA) is 55.4 Å². The van der Waals surface area contributed by atoms with E-state index in [-0.39, 0.29) is 11.8 Å². The third-order valence-corrected chi connectivity index (χ3v) is 5.73. The van der Waals surface area contributed by atoms with Crippen molar-refractivity contribution in [3.63, 3.8) is 0 Å². The van der Waals surface area contributed by atoms with E-state index >= 15 is 0 Å². The smallest absolute Gasteiger partial charge is 0.212 e. The largest absolute Gasteiger partial charge is 0.493 e. The number of fused-ring (bicyclic) bond motifs is 1. The predicted molar refractivity (Wildman–Crippen MR) is 96.1 cm³/mol. The van der Waals surface area contributed by atoms with Crippen LogP contribution in [0.4, 0.5) is 0 Å². The van der Waals surface area contributed by atoms with E-state index in [4.69, 9.17) is 16.3 Å². The zero-order chi connectivity index (χ0) is 17.0. The van der Waals surface area contributed by atoms with Crippen LogP contribution in [0.2, 0.25) is 5.02 Å². The average Bonchev–Trinajstić information content (AvgIpc) is 2.74. The fraction of sp³-hybridized carbons (Fsp3) is 0.333. The summed E-state index contributed by atoms with van der Waals surface area (Å²) >= 11 is 5.94. The number of sulfonamides is 1. The van der Waals surface area contributed by atoms with Crippen LogP contribution in [0.15, 0.2) is 48.5 Å². The maximum atomic E-state index is 12.4. The highest BCUT2D eigenvalue weighted by Gasteiger charge is 2.22. The second kappa shape index (κ2) is 7.55. The minimum Gasteiger partial charge on any atom is -0.493 e. The Bertz CT molecular complexity index is 807. The minimum absolute atomic E-state index is 0.0480. The highest BCUT2D eigenvalue weighted by molar-refractivity contribution is 7.89. The molecule has 0 aromatic heterocycles. The van der Waals surface area contributed by atoms with Crippen LogP contribution in [-0.2, 0) is 22.9 Å². The molecule has 1 aliphatic heterocycles. The standard InChI is InChI=1S/C18H20ClNO3S/c19-16-6-3-4-14(12-16)9-11-24(21,22)20-17-8-10-23-18-7-2-1-5-15(18)13-17/h1-7,12,17,20H,8-11,13H2. The van der Waals surface area contributed by atoms with Gasteiger partial charge >= 0.3 is 0 Å². The molecule has 128 valence electrons. The van der Waals surface area contributed by atoms with E-state index in [2.05, 4.69) is 4.72 Å². The normalized spacial score (nSPS) is 17.6. The molecule has 1 aliphatic rings. The zero-order valence-electron chi connectivity index (χ0n) is 13.2. The molecule has 4 nitrogen and oxygen atoms in total. The van der Waals surface area contributed by atoms with Crippen molar-refractivity contribution in [1.82, 2.24) is 4.72 Å². The van der Waals surface area contributed by atoms with Crippen LogP contribution in [0, 0.1) is 0 Å². The zero-order valence-corrected chi connectivity index (χ0v) is 14.8. The molecule has 24 heavy (non-hydrogen) atoms. The molecule has 3 rings (SSSR count). The van der Waals surface area contributed by atoms with Gasteiger partial charge in [-0.05, 0) is 48.6 Å². The van der Waals surface area contributed by atoms with Crippen LogP contribution in [0.1, 0.15) is 17.5 Å². The van der Waals surface area contributed by atoms with Crippen molar-refractivity contribution in [2.45, 2.75) is 25.3 Å². The summed E-state index contributed by atoms with van der Waals surface area (Å²) in [5.74, 6) is 0.893. The van der Waals surface area contributed by atoms with Gasteiger partial charge in [0.15, 0.2) is 0 Å². The quantitative estimate of drug-likeness (QED) is 0.885. The SMILES string of the molecule is O=S(=O)(CCc1cccc(Cl)c1)NC1CCOc2ccccc2C1. The Labute approximate surface area is 147 Å². The van der Waals surface area contributed by atoms with E-state index < -0.39 is 10.0 Å². The van der Waals surface area contributed by atoms with E-state index in [1.807, 2.05) is 36.4 Å². The Morgan fingerprint density at radius 3 is 2.83 bits per heavy atom. The molecule has 1 N–H and O–H groups in total. The van der Waals surface area contributed by atoms with Gasteiger partial charge < -0.3 is 4.74 Å². The van der Waals surface area contributed by atoms with E-state index in [9.17, 15) is 8.42 Å². The number of halogens is 1. The summed E-state index contributed by atoms with van der Waals surface area (Å²) in [6.45, 7) is 0.512. The molecule has 0 saturated heterocycles. The van der Waals surface area contributed by atoms with Crippen molar-refractivity contribution in [2.75, 3.05) is 12.4 Å². The van der Waals surface area contributed by atoms with Crippen molar-refractivity contribution in [2.24, 2.45) is 0 Å². The number of benzene rings is 2. The summed E-state index contributed by atoms with van der Waals surface area (Å²) in [6, 6.07) is 14.9. The molecule has 1 unspecified atom stereocenters. The van der Waals surface area contributed by atoms with Crippen LogP contribution in [-0.4, -0.2) is 26.8 Å². The lowest BCUT2D eigenvalue weighted by atomic mass is 10.1. The Morgan fingerprint density at radius 1 is 1.17 bits per heavy atom. The molecule has 6 heteroatoms. The van der Waals surface area contributed by atoms with Crippen molar-refractivity contribution >= 4 is 21.6 Å². The van der Waals surface area contributed by atoms with Gasteiger partial charge in [-0.1, -0.05) is 41.9 Å². The first-order valence-corrected chi connectivity index (χ1v) is 10.00. The van der Waals surface area contributed by atoms with Gasteiger partial charge in [0.2, 0.25) is 10.0 Å². The van der Waals surface area contributed by atoms with Crippen LogP contribution >= 0.6 is 11.6 Å². The highest BCUT2D eigenvalue weighted by Crippen LogP contribution is 2.24. The van der Waals surface area contributed by atoms with Gasteiger partial charge in [0, 0.05) is 11.1 Å². The summed E-state index contributed by atoms with van der Waals surface area (Å²) in [7, 11) is -3.36. The summed E-state index contributed by atoms with van der Waals surface area (Å²) < 4.78 is 33.3. The first kappa shape index (κ1) is 17.3. The van der Waals surface area contributed by atoms with E-state index in [1.54, 1.807) is 12.1 Å². The van der Waals surface area contributed by atoms with E-state index in [1.165, 1.54) is 0 Å². The van der Waals surface area contributed by atoms with Gasteiger partial charge in [0.1, 0.15) is 5.75 Å². The van der Waals surface area contributed by atoms with Crippen LogP contribution in [0.3, 0.4) is 0 Å². The van der Waals surface area contributed by atoms with Gasteiger partial charge in [-0.25, -0.2) is 13.1 Å². The van der Waals surface area contributed by atoms with Gasteiger partial charge in [0.25, 0.3) is 0 Å². The fourth-order valence-corrected chi connectivity index (χ4v) is 4.39. The maximum absolute atomic E-state index is 12.4. The molecule has 0 saturated carbocycles. The number of rotatable bonds is 5. The molecule has 1 heterocycles. The molecule has 0 radical (unpaired) electrons. The Hall–Kier alpha value is -1.56. The summed E-state index contributed by atoms with van der Waals surface area (Å²) in [4.78, 5) is 0. The number of para-hydroxylation sites is 1.